The van der Waals surface area contributed by atoms with Crippen LogP contribution in [0.3, 0.4) is 0 Å². The third kappa shape index (κ3) is 2.45. The van der Waals surface area contributed by atoms with E-state index >= 15 is 0 Å². The Morgan fingerprint density at radius 2 is 1.95 bits per heavy atom. The van der Waals surface area contributed by atoms with Crippen molar-refractivity contribution in [1.82, 2.24) is 5.16 Å². The summed E-state index contributed by atoms with van der Waals surface area (Å²) >= 11 is 3.24. The van der Waals surface area contributed by atoms with Crippen LogP contribution in [0.25, 0.3) is 22.5 Å². The first kappa shape index (κ1) is 13.8. The Balaban J connectivity index is 2.24. The highest BCUT2D eigenvalue weighted by Gasteiger charge is 2.20. The van der Waals surface area contributed by atoms with Crippen molar-refractivity contribution in [1.29, 1.82) is 0 Å². The zero-order valence-corrected chi connectivity index (χ0v) is 12.8. The summed E-state index contributed by atoms with van der Waals surface area (Å²) in [5.74, 6) is 0.369. The fourth-order valence-corrected chi connectivity index (χ4v) is 2.69. The molecule has 3 aromatic rings. The van der Waals surface area contributed by atoms with Gasteiger partial charge in [-0.15, -0.1) is 0 Å². The first-order valence-electron chi connectivity index (χ1n) is 6.34. The van der Waals surface area contributed by atoms with Crippen LogP contribution in [0.4, 0.5) is 10.2 Å². The molecule has 3 rings (SSSR count). The lowest BCUT2D eigenvalue weighted by Gasteiger charge is -2.06. The number of rotatable bonds is 2. The maximum Gasteiger partial charge on any atom is 0.178 e. The third-order valence-corrected chi connectivity index (χ3v) is 4.03. The molecular weight excluding hydrogens is 335 g/mol. The van der Waals surface area contributed by atoms with Crippen molar-refractivity contribution < 1.29 is 8.91 Å². The molecule has 2 N–H and O–H groups in total. The second-order valence-electron chi connectivity index (χ2n) is 4.74. The maximum absolute atomic E-state index is 13.7. The van der Waals surface area contributed by atoms with Gasteiger partial charge in [-0.05, 0) is 40.5 Å². The molecule has 0 amide bonds. The van der Waals surface area contributed by atoms with Gasteiger partial charge in [0.25, 0.3) is 0 Å². The smallest absolute Gasteiger partial charge is 0.178 e. The number of nitrogen functional groups attached to an aromatic ring is 1. The summed E-state index contributed by atoms with van der Waals surface area (Å²) in [6.07, 6.45) is 0. The van der Waals surface area contributed by atoms with Crippen LogP contribution in [-0.4, -0.2) is 5.16 Å². The number of aryl methyl sites for hydroxylation is 1. The highest BCUT2D eigenvalue weighted by Crippen LogP contribution is 2.40. The predicted octanol–water partition coefficient (Wildman–Crippen LogP) is 4.80. The zero-order valence-electron chi connectivity index (χ0n) is 11.2. The third-order valence-electron chi connectivity index (χ3n) is 3.22. The molecular formula is C16H12BrFN2O. The van der Waals surface area contributed by atoms with Crippen LogP contribution in [0.15, 0.2) is 51.5 Å². The molecule has 2 aromatic carbocycles. The van der Waals surface area contributed by atoms with Crippen molar-refractivity contribution in [3.05, 3.63) is 58.3 Å². The molecule has 0 fully saturated rings. The topological polar surface area (TPSA) is 52.0 Å². The SMILES string of the molecule is Cc1cccc(-c2c(N)noc2-c2cccc(F)c2Br)c1. The first-order chi connectivity index (χ1) is 10.1. The molecule has 0 bridgehead atoms. The molecule has 0 atom stereocenters. The summed E-state index contributed by atoms with van der Waals surface area (Å²) in [7, 11) is 0. The molecule has 0 unspecified atom stereocenters. The van der Waals surface area contributed by atoms with Crippen molar-refractivity contribution in [2.24, 2.45) is 0 Å². The van der Waals surface area contributed by atoms with Gasteiger partial charge in [0.2, 0.25) is 0 Å². The molecule has 0 radical (unpaired) electrons. The van der Waals surface area contributed by atoms with Gasteiger partial charge in [-0.2, -0.15) is 0 Å². The molecule has 0 aliphatic rings. The standard InChI is InChI=1S/C16H12BrFN2O/c1-9-4-2-5-10(8-9)13-15(21-20-16(13)19)11-6-3-7-12(18)14(11)17/h2-8H,1H3,(H2,19,20). The minimum Gasteiger partial charge on any atom is -0.380 e. The zero-order chi connectivity index (χ0) is 15.0. The Morgan fingerprint density at radius 3 is 2.71 bits per heavy atom. The number of nitrogens with zero attached hydrogens (tertiary/aromatic N) is 1. The van der Waals surface area contributed by atoms with Gasteiger partial charge < -0.3 is 10.3 Å². The minimum atomic E-state index is -0.363. The van der Waals surface area contributed by atoms with Gasteiger partial charge in [-0.3, -0.25) is 0 Å². The largest absolute Gasteiger partial charge is 0.380 e. The van der Waals surface area contributed by atoms with Crippen LogP contribution in [0.2, 0.25) is 0 Å². The summed E-state index contributed by atoms with van der Waals surface area (Å²) < 4.78 is 19.4. The molecule has 3 nitrogen and oxygen atoms in total. The summed E-state index contributed by atoms with van der Waals surface area (Å²) in [5.41, 5.74) is 9.17. The Hall–Kier alpha value is -2.14. The minimum absolute atomic E-state index is 0.284. The van der Waals surface area contributed by atoms with Gasteiger partial charge in [0, 0.05) is 5.56 Å². The van der Waals surface area contributed by atoms with E-state index in [0.717, 1.165) is 11.1 Å². The fourth-order valence-electron chi connectivity index (χ4n) is 2.24. The fraction of sp³-hybridized carbons (Fsp3) is 0.0625. The second-order valence-corrected chi connectivity index (χ2v) is 5.54. The average Bonchev–Trinajstić information content (AvgIpc) is 2.83. The predicted molar refractivity (Wildman–Crippen MR) is 84.2 cm³/mol. The molecule has 0 saturated heterocycles. The lowest BCUT2D eigenvalue weighted by Crippen LogP contribution is -1.90. The number of aromatic nitrogens is 1. The van der Waals surface area contributed by atoms with Crippen LogP contribution < -0.4 is 5.73 Å². The van der Waals surface area contributed by atoms with Crippen LogP contribution in [0.5, 0.6) is 0 Å². The van der Waals surface area contributed by atoms with Gasteiger partial charge in [0.15, 0.2) is 11.6 Å². The van der Waals surface area contributed by atoms with E-state index in [0.29, 0.717) is 21.4 Å². The van der Waals surface area contributed by atoms with Gasteiger partial charge in [-0.25, -0.2) is 4.39 Å². The molecule has 106 valence electrons. The number of halogens is 2. The van der Waals surface area contributed by atoms with Crippen molar-refractivity contribution >= 4 is 21.7 Å². The Labute approximate surface area is 129 Å². The summed E-state index contributed by atoms with van der Waals surface area (Å²) in [6.45, 7) is 1.99. The number of nitrogens with two attached hydrogens (primary N) is 1. The molecule has 1 aromatic heterocycles. The summed E-state index contributed by atoms with van der Waals surface area (Å²) in [6, 6.07) is 12.6. The normalized spacial score (nSPS) is 10.8. The van der Waals surface area contributed by atoms with Crippen LogP contribution in [0, 0.1) is 12.7 Å². The second kappa shape index (κ2) is 5.33. The molecule has 0 spiro atoms. The number of benzene rings is 2. The van der Waals surface area contributed by atoms with E-state index in [4.69, 9.17) is 10.3 Å². The van der Waals surface area contributed by atoms with Gasteiger partial charge in [-0.1, -0.05) is 41.1 Å². The Morgan fingerprint density at radius 1 is 1.19 bits per heavy atom. The van der Waals surface area contributed by atoms with Crippen molar-refractivity contribution in [3.8, 4) is 22.5 Å². The van der Waals surface area contributed by atoms with E-state index < -0.39 is 0 Å². The van der Waals surface area contributed by atoms with E-state index in [1.54, 1.807) is 12.1 Å². The monoisotopic (exact) mass is 346 g/mol. The summed E-state index contributed by atoms with van der Waals surface area (Å²) in [5, 5.41) is 3.83. The van der Waals surface area contributed by atoms with Crippen molar-refractivity contribution in [2.45, 2.75) is 6.92 Å². The number of anilines is 1. The van der Waals surface area contributed by atoms with Gasteiger partial charge in [0.05, 0.1) is 10.0 Å². The molecule has 1 heterocycles. The highest BCUT2D eigenvalue weighted by atomic mass is 79.9. The lowest BCUT2D eigenvalue weighted by molar-refractivity contribution is 0.435. The Kier molecular flexibility index (Phi) is 3.51. The molecule has 5 heteroatoms. The van der Waals surface area contributed by atoms with Crippen LogP contribution in [-0.2, 0) is 0 Å². The quantitative estimate of drug-likeness (QED) is 0.724. The van der Waals surface area contributed by atoms with E-state index in [2.05, 4.69) is 21.1 Å². The Bertz CT molecular complexity index is 814. The lowest BCUT2D eigenvalue weighted by atomic mass is 10.00. The highest BCUT2D eigenvalue weighted by molar-refractivity contribution is 9.10. The maximum atomic E-state index is 13.7. The van der Waals surface area contributed by atoms with Gasteiger partial charge in [0.1, 0.15) is 5.82 Å². The first-order valence-corrected chi connectivity index (χ1v) is 7.14. The molecule has 0 aliphatic carbocycles. The molecule has 21 heavy (non-hydrogen) atoms. The molecule has 0 saturated carbocycles. The number of hydrogen-bond donors (Lipinski definition) is 1. The average molecular weight is 347 g/mol. The van der Waals surface area contributed by atoms with Gasteiger partial charge >= 0.3 is 0 Å². The van der Waals surface area contributed by atoms with E-state index in [9.17, 15) is 4.39 Å². The number of hydrogen-bond acceptors (Lipinski definition) is 3. The van der Waals surface area contributed by atoms with E-state index in [1.807, 2.05) is 31.2 Å². The molecule has 0 aliphatic heterocycles. The van der Waals surface area contributed by atoms with Crippen LogP contribution >= 0.6 is 15.9 Å². The van der Waals surface area contributed by atoms with Crippen molar-refractivity contribution in [2.75, 3.05) is 5.73 Å². The van der Waals surface area contributed by atoms with E-state index in [1.165, 1.54) is 6.07 Å². The van der Waals surface area contributed by atoms with Crippen LogP contribution in [0.1, 0.15) is 5.56 Å². The van der Waals surface area contributed by atoms with E-state index in [-0.39, 0.29) is 11.6 Å². The summed E-state index contributed by atoms with van der Waals surface area (Å²) in [4.78, 5) is 0. The van der Waals surface area contributed by atoms with Crippen molar-refractivity contribution in [3.63, 3.8) is 0 Å².